The second kappa shape index (κ2) is 7.74. The minimum atomic E-state index is -4.72. The van der Waals surface area contributed by atoms with Crippen molar-refractivity contribution >= 4 is 28.5 Å². The Morgan fingerprint density at radius 1 is 1.10 bits per heavy atom. The molecule has 2 heterocycles. The van der Waals surface area contributed by atoms with Gasteiger partial charge in [-0.05, 0) is 50.5 Å². The first-order valence-corrected chi connectivity index (χ1v) is 10.2. The Labute approximate surface area is 168 Å². The third-order valence-corrected chi connectivity index (χ3v) is 6.43. The summed E-state index contributed by atoms with van der Waals surface area (Å²) in [4.78, 5) is 28.5. The Morgan fingerprint density at radius 2 is 1.90 bits per heavy atom. The van der Waals surface area contributed by atoms with Crippen LogP contribution in [0.15, 0.2) is 15.7 Å². The molecular formula is C19H18F3N3O3S. The predicted molar refractivity (Wildman–Crippen MR) is 99.4 cm³/mol. The molecule has 0 aliphatic heterocycles. The molecule has 1 N–H and O–H groups in total. The van der Waals surface area contributed by atoms with Crippen LogP contribution in [0.3, 0.4) is 0 Å². The topological polar surface area (TPSA) is 85.1 Å². The van der Waals surface area contributed by atoms with E-state index in [0.717, 1.165) is 42.5 Å². The number of allylic oxidation sites excluding steroid dienone is 1. The molecular weight excluding hydrogens is 407 g/mol. The fourth-order valence-corrected chi connectivity index (χ4v) is 5.11. The maximum atomic E-state index is 13.0. The molecule has 0 bridgehead atoms. The number of carbonyl (C=O) groups excluding carboxylic acids is 2. The van der Waals surface area contributed by atoms with Crippen LogP contribution in [0.2, 0.25) is 0 Å². The number of halogens is 3. The first-order chi connectivity index (χ1) is 13.9. The number of hydrogen-bond acceptors (Lipinski definition) is 6. The number of alkyl halides is 3. The lowest BCUT2D eigenvalue weighted by Gasteiger charge is -2.07. The number of aromatic nitrogens is 2. The van der Waals surface area contributed by atoms with Crippen molar-refractivity contribution in [1.82, 2.24) is 10.1 Å². The first kappa shape index (κ1) is 19.8. The van der Waals surface area contributed by atoms with Gasteiger partial charge in [-0.25, -0.2) is 0 Å². The number of carbonyl (C=O) groups is 2. The molecule has 154 valence electrons. The molecule has 0 fully saturated rings. The molecule has 29 heavy (non-hydrogen) atoms. The van der Waals surface area contributed by atoms with Crippen molar-refractivity contribution in [3.8, 4) is 11.5 Å². The number of anilines is 1. The van der Waals surface area contributed by atoms with E-state index in [1.54, 1.807) is 0 Å². The predicted octanol–water partition coefficient (Wildman–Crippen LogP) is 4.70. The number of nitrogens with zero attached hydrogens (tertiary/aromatic N) is 2. The summed E-state index contributed by atoms with van der Waals surface area (Å²) in [6.45, 7) is 0. The molecule has 0 saturated carbocycles. The van der Waals surface area contributed by atoms with Crippen LogP contribution in [-0.2, 0) is 28.6 Å². The number of amides is 1. The quantitative estimate of drug-likeness (QED) is 0.567. The van der Waals surface area contributed by atoms with E-state index < -0.39 is 17.9 Å². The van der Waals surface area contributed by atoms with Crippen molar-refractivity contribution in [2.45, 2.75) is 57.5 Å². The van der Waals surface area contributed by atoms with Crippen LogP contribution >= 0.6 is 11.3 Å². The van der Waals surface area contributed by atoms with Gasteiger partial charge in [-0.1, -0.05) is 11.6 Å². The van der Waals surface area contributed by atoms with Crippen LogP contribution in [0.1, 0.15) is 54.8 Å². The summed E-state index contributed by atoms with van der Waals surface area (Å²) in [6.07, 6.45) is 2.10. The number of aldehydes is 1. The fraction of sp³-hybridized carbons (Fsp3) is 0.474. The zero-order valence-electron chi connectivity index (χ0n) is 15.4. The highest BCUT2D eigenvalue weighted by molar-refractivity contribution is 7.17. The van der Waals surface area contributed by atoms with Crippen molar-refractivity contribution in [3.05, 3.63) is 27.4 Å². The zero-order valence-corrected chi connectivity index (χ0v) is 16.2. The van der Waals surface area contributed by atoms with Crippen LogP contribution in [0, 0.1) is 0 Å². The summed E-state index contributed by atoms with van der Waals surface area (Å²) in [5.74, 6) is -2.00. The molecule has 0 unspecified atom stereocenters. The van der Waals surface area contributed by atoms with Crippen molar-refractivity contribution in [2.75, 3.05) is 5.32 Å². The van der Waals surface area contributed by atoms with Gasteiger partial charge in [-0.3, -0.25) is 9.59 Å². The average Bonchev–Trinajstić information content (AvgIpc) is 3.36. The van der Waals surface area contributed by atoms with Crippen LogP contribution in [0.25, 0.3) is 11.5 Å². The lowest BCUT2D eigenvalue weighted by atomic mass is 10.1. The maximum absolute atomic E-state index is 13.0. The lowest BCUT2D eigenvalue weighted by molar-refractivity contribution is -0.146. The van der Waals surface area contributed by atoms with E-state index in [1.807, 2.05) is 0 Å². The SMILES string of the molecule is O=CC1=C(C(=O)Nc2sc3c(c2-c2nc(C(F)(F)F)no2)CCCCC3)CCC1. The van der Waals surface area contributed by atoms with Gasteiger partial charge in [0.15, 0.2) is 0 Å². The molecule has 0 aromatic carbocycles. The molecule has 2 aromatic heterocycles. The molecule has 0 saturated heterocycles. The van der Waals surface area contributed by atoms with E-state index in [4.69, 9.17) is 4.52 Å². The van der Waals surface area contributed by atoms with Crippen LogP contribution in [0.4, 0.5) is 18.2 Å². The van der Waals surface area contributed by atoms with Gasteiger partial charge in [-0.15, -0.1) is 11.3 Å². The number of fused-ring (bicyclic) bond motifs is 1. The smallest absolute Gasteiger partial charge is 0.334 e. The van der Waals surface area contributed by atoms with Gasteiger partial charge < -0.3 is 9.84 Å². The highest BCUT2D eigenvalue weighted by atomic mass is 32.1. The molecule has 0 radical (unpaired) electrons. The summed E-state index contributed by atoms with van der Waals surface area (Å²) in [6, 6.07) is 0. The highest BCUT2D eigenvalue weighted by Crippen LogP contribution is 2.44. The summed E-state index contributed by atoms with van der Waals surface area (Å²) < 4.78 is 43.8. The van der Waals surface area contributed by atoms with Gasteiger partial charge in [-0.2, -0.15) is 18.2 Å². The highest BCUT2D eigenvalue weighted by Gasteiger charge is 2.38. The molecule has 0 spiro atoms. The van der Waals surface area contributed by atoms with E-state index in [9.17, 15) is 22.8 Å². The molecule has 0 atom stereocenters. The third kappa shape index (κ3) is 3.85. The van der Waals surface area contributed by atoms with Gasteiger partial charge in [0, 0.05) is 16.0 Å². The van der Waals surface area contributed by atoms with Crippen molar-refractivity contribution in [2.24, 2.45) is 0 Å². The van der Waals surface area contributed by atoms with Crippen molar-refractivity contribution in [1.29, 1.82) is 0 Å². The lowest BCUT2D eigenvalue weighted by Crippen LogP contribution is -2.14. The summed E-state index contributed by atoms with van der Waals surface area (Å²) in [5, 5.41) is 6.25. The van der Waals surface area contributed by atoms with Gasteiger partial charge in [0.05, 0.1) is 5.56 Å². The monoisotopic (exact) mass is 425 g/mol. The average molecular weight is 425 g/mol. The van der Waals surface area contributed by atoms with Gasteiger partial charge >= 0.3 is 6.18 Å². The summed E-state index contributed by atoms with van der Waals surface area (Å²) >= 11 is 1.33. The molecule has 10 heteroatoms. The Hall–Kier alpha value is -2.49. The maximum Gasteiger partial charge on any atom is 0.455 e. The summed E-state index contributed by atoms with van der Waals surface area (Å²) in [5.41, 5.74) is 2.13. The Kier molecular flexibility index (Phi) is 5.28. The van der Waals surface area contributed by atoms with E-state index in [0.29, 0.717) is 47.3 Å². The Morgan fingerprint density at radius 3 is 2.62 bits per heavy atom. The normalized spacial score (nSPS) is 17.2. The first-order valence-electron chi connectivity index (χ1n) is 9.43. The second-order valence-electron chi connectivity index (χ2n) is 7.12. The number of thiophene rings is 1. The minimum Gasteiger partial charge on any atom is -0.334 e. The molecule has 2 aliphatic carbocycles. The number of aryl methyl sites for hydroxylation is 1. The van der Waals surface area contributed by atoms with Crippen molar-refractivity contribution < 1.29 is 27.3 Å². The Balaban J connectivity index is 1.75. The van der Waals surface area contributed by atoms with Crippen LogP contribution in [0.5, 0.6) is 0 Å². The fourth-order valence-electron chi connectivity index (χ4n) is 3.83. The van der Waals surface area contributed by atoms with E-state index >= 15 is 0 Å². The van der Waals surface area contributed by atoms with E-state index in [1.165, 1.54) is 11.3 Å². The molecule has 4 rings (SSSR count). The van der Waals surface area contributed by atoms with E-state index in [2.05, 4.69) is 15.5 Å². The van der Waals surface area contributed by atoms with Gasteiger partial charge in [0.1, 0.15) is 11.3 Å². The minimum absolute atomic E-state index is 0.247. The number of rotatable bonds is 4. The molecule has 2 aromatic rings. The number of nitrogens with one attached hydrogen (secondary N) is 1. The number of hydrogen-bond donors (Lipinski definition) is 1. The van der Waals surface area contributed by atoms with Crippen LogP contribution in [-0.4, -0.2) is 22.3 Å². The van der Waals surface area contributed by atoms with Gasteiger partial charge in [0.2, 0.25) is 0 Å². The van der Waals surface area contributed by atoms with Crippen molar-refractivity contribution in [3.63, 3.8) is 0 Å². The standard InChI is InChI=1S/C19H18F3N3O3S/c20-19(21,22)18-24-16(28-25-18)14-12-6-2-1-3-8-13(12)29-17(14)23-15(27)11-7-4-5-10(11)9-26/h9H,1-8H2,(H,23,27). The third-order valence-electron chi connectivity index (χ3n) is 5.22. The van der Waals surface area contributed by atoms with Gasteiger partial charge in [0.25, 0.3) is 17.6 Å². The molecule has 6 nitrogen and oxygen atoms in total. The molecule has 1 amide bonds. The Bertz CT molecular complexity index is 991. The summed E-state index contributed by atoms with van der Waals surface area (Å²) in [7, 11) is 0. The second-order valence-corrected chi connectivity index (χ2v) is 8.22. The zero-order chi connectivity index (χ0) is 20.6. The van der Waals surface area contributed by atoms with E-state index in [-0.39, 0.29) is 5.89 Å². The largest absolute Gasteiger partial charge is 0.455 e. The van der Waals surface area contributed by atoms with Crippen LogP contribution < -0.4 is 5.32 Å². The molecule has 2 aliphatic rings.